The van der Waals surface area contributed by atoms with E-state index in [4.69, 9.17) is 33.7 Å². The predicted octanol–water partition coefficient (Wildman–Crippen LogP) is 3.42. The Morgan fingerprint density at radius 1 is 1.25 bits per heavy atom. The van der Waals surface area contributed by atoms with E-state index < -0.39 is 0 Å². The van der Waals surface area contributed by atoms with Crippen molar-refractivity contribution in [1.82, 2.24) is 0 Å². The van der Waals surface area contributed by atoms with Crippen LogP contribution in [0.25, 0.3) is 0 Å². The lowest BCUT2D eigenvalue weighted by Crippen LogP contribution is -2.27. The van der Waals surface area contributed by atoms with Crippen LogP contribution in [0.1, 0.15) is 24.4 Å². The lowest BCUT2D eigenvalue weighted by molar-refractivity contribution is 0.0584. The molecule has 0 radical (unpaired) electrons. The summed E-state index contributed by atoms with van der Waals surface area (Å²) in [6.07, 6.45) is 2.00. The number of rotatable bonds is 2. The zero-order chi connectivity index (χ0) is 11.5. The van der Waals surface area contributed by atoms with Crippen LogP contribution in [0, 0.1) is 5.92 Å². The van der Waals surface area contributed by atoms with Crippen LogP contribution in [0.4, 0.5) is 0 Å². The molecule has 0 amide bonds. The maximum absolute atomic E-state index is 6.24. The Bertz CT molecular complexity index is 364. The maximum atomic E-state index is 6.24. The van der Waals surface area contributed by atoms with Crippen molar-refractivity contribution >= 4 is 23.2 Å². The van der Waals surface area contributed by atoms with Crippen LogP contribution in [0.5, 0.6) is 0 Å². The molecule has 1 aliphatic heterocycles. The van der Waals surface area contributed by atoms with Crippen LogP contribution in [0.2, 0.25) is 10.0 Å². The van der Waals surface area contributed by atoms with Crippen LogP contribution in [-0.4, -0.2) is 13.2 Å². The molecule has 88 valence electrons. The van der Waals surface area contributed by atoms with Gasteiger partial charge in [-0.3, -0.25) is 0 Å². The fourth-order valence-corrected chi connectivity index (χ4v) is 2.64. The van der Waals surface area contributed by atoms with Gasteiger partial charge in [0.05, 0.1) is 0 Å². The van der Waals surface area contributed by atoms with Crippen molar-refractivity contribution in [2.75, 3.05) is 13.2 Å². The number of hydrogen-bond acceptors (Lipinski definition) is 2. The highest BCUT2D eigenvalue weighted by molar-refractivity contribution is 6.35. The van der Waals surface area contributed by atoms with E-state index in [0.29, 0.717) is 16.0 Å². The molecular weight excluding hydrogens is 245 g/mol. The molecule has 1 atom stereocenters. The van der Waals surface area contributed by atoms with Crippen LogP contribution in [-0.2, 0) is 4.74 Å². The third-order valence-electron chi connectivity index (χ3n) is 3.10. The minimum Gasteiger partial charge on any atom is -0.381 e. The molecule has 1 saturated heterocycles. The second kappa shape index (κ2) is 5.37. The van der Waals surface area contributed by atoms with E-state index in [1.165, 1.54) is 0 Å². The van der Waals surface area contributed by atoms with E-state index in [1.807, 2.05) is 12.1 Å². The highest BCUT2D eigenvalue weighted by Gasteiger charge is 2.23. The molecule has 2 N–H and O–H groups in total. The Morgan fingerprint density at radius 3 is 2.56 bits per heavy atom. The SMILES string of the molecule is NC(c1ccc(Cl)cc1Cl)C1CCOCC1. The molecule has 1 fully saturated rings. The van der Waals surface area contributed by atoms with Gasteiger partial charge in [-0.1, -0.05) is 29.3 Å². The lowest BCUT2D eigenvalue weighted by atomic mass is 9.88. The smallest absolute Gasteiger partial charge is 0.0469 e. The Balaban J connectivity index is 2.15. The molecule has 16 heavy (non-hydrogen) atoms. The molecule has 1 unspecified atom stereocenters. The summed E-state index contributed by atoms with van der Waals surface area (Å²) in [5, 5.41) is 1.31. The first kappa shape index (κ1) is 12.2. The zero-order valence-corrected chi connectivity index (χ0v) is 10.5. The van der Waals surface area contributed by atoms with Gasteiger partial charge < -0.3 is 10.5 Å². The third kappa shape index (κ3) is 2.69. The van der Waals surface area contributed by atoms with Gasteiger partial charge in [0.1, 0.15) is 0 Å². The molecule has 0 aromatic heterocycles. The van der Waals surface area contributed by atoms with Gasteiger partial charge in [-0.05, 0) is 36.5 Å². The van der Waals surface area contributed by atoms with E-state index >= 15 is 0 Å². The third-order valence-corrected chi connectivity index (χ3v) is 3.66. The largest absolute Gasteiger partial charge is 0.381 e. The van der Waals surface area contributed by atoms with Crippen molar-refractivity contribution in [1.29, 1.82) is 0 Å². The molecule has 0 spiro atoms. The number of hydrogen-bond donors (Lipinski definition) is 1. The molecule has 2 nitrogen and oxygen atoms in total. The molecule has 2 rings (SSSR count). The maximum Gasteiger partial charge on any atom is 0.0469 e. The van der Waals surface area contributed by atoms with Crippen LogP contribution < -0.4 is 5.73 Å². The Hall–Kier alpha value is -0.280. The lowest BCUT2D eigenvalue weighted by Gasteiger charge is -2.28. The number of halogens is 2. The van der Waals surface area contributed by atoms with Gasteiger partial charge in [0.2, 0.25) is 0 Å². The zero-order valence-electron chi connectivity index (χ0n) is 8.96. The summed E-state index contributed by atoms with van der Waals surface area (Å²) in [6, 6.07) is 5.48. The standard InChI is InChI=1S/C12H15Cl2NO/c13-9-1-2-10(11(14)7-9)12(15)8-3-5-16-6-4-8/h1-2,7-8,12H,3-6,15H2. The normalized spacial score (nSPS) is 19.7. The van der Waals surface area contributed by atoms with Crippen molar-refractivity contribution < 1.29 is 4.74 Å². The van der Waals surface area contributed by atoms with Crippen molar-refractivity contribution in [2.24, 2.45) is 11.7 Å². The summed E-state index contributed by atoms with van der Waals surface area (Å²) in [5.74, 6) is 0.451. The van der Waals surface area contributed by atoms with Crippen LogP contribution in [0.15, 0.2) is 18.2 Å². The van der Waals surface area contributed by atoms with Gasteiger partial charge in [-0.25, -0.2) is 0 Å². The molecule has 0 saturated carbocycles. The number of nitrogens with two attached hydrogens (primary N) is 1. The van der Waals surface area contributed by atoms with E-state index in [0.717, 1.165) is 31.6 Å². The second-order valence-electron chi connectivity index (χ2n) is 4.14. The van der Waals surface area contributed by atoms with Gasteiger partial charge >= 0.3 is 0 Å². The Kier molecular flexibility index (Phi) is 4.09. The van der Waals surface area contributed by atoms with Gasteiger partial charge in [0, 0.05) is 29.3 Å². The molecule has 0 bridgehead atoms. The van der Waals surface area contributed by atoms with E-state index in [9.17, 15) is 0 Å². The average molecular weight is 260 g/mol. The predicted molar refractivity (Wildman–Crippen MR) is 66.9 cm³/mol. The highest BCUT2D eigenvalue weighted by Crippen LogP contribution is 2.33. The number of ether oxygens (including phenoxy) is 1. The molecule has 1 aromatic rings. The Labute approximate surface area is 106 Å². The van der Waals surface area contributed by atoms with Crippen molar-refractivity contribution in [2.45, 2.75) is 18.9 Å². The van der Waals surface area contributed by atoms with Gasteiger partial charge in [-0.2, -0.15) is 0 Å². The van der Waals surface area contributed by atoms with Crippen LogP contribution in [0.3, 0.4) is 0 Å². The molecule has 4 heteroatoms. The van der Waals surface area contributed by atoms with Crippen molar-refractivity contribution in [3.8, 4) is 0 Å². The average Bonchev–Trinajstić information content (AvgIpc) is 2.29. The van der Waals surface area contributed by atoms with Crippen molar-refractivity contribution in [3.05, 3.63) is 33.8 Å². The summed E-state index contributed by atoms with van der Waals surface area (Å²) in [4.78, 5) is 0. The highest BCUT2D eigenvalue weighted by atomic mass is 35.5. The molecular formula is C12H15Cl2NO. The summed E-state index contributed by atoms with van der Waals surface area (Å²) in [7, 11) is 0. The minimum atomic E-state index is -0.0198. The van der Waals surface area contributed by atoms with E-state index in [1.54, 1.807) is 6.07 Å². The first-order chi connectivity index (χ1) is 7.68. The second-order valence-corrected chi connectivity index (χ2v) is 4.99. The minimum absolute atomic E-state index is 0.0198. The quantitative estimate of drug-likeness (QED) is 0.884. The summed E-state index contributed by atoms with van der Waals surface area (Å²) < 4.78 is 5.33. The summed E-state index contributed by atoms with van der Waals surface area (Å²) in [6.45, 7) is 1.59. The van der Waals surface area contributed by atoms with Crippen LogP contribution >= 0.6 is 23.2 Å². The van der Waals surface area contributed by atoms with Gasteiger partial charge in [0.15, 0.2) is 0 Å². The summed E-state index contributed by atoms with van der Waals surface area (Å²) >= 11 is 12.0. The fourth-order valence-electron chi connectivity index (χ4n) is 2.10. The molecule has 1 aromatic carbocycles. The topological polar surface area (TPSA) is 35.2 Å². The fraction of sp³-hybridized carbons (Fsp3) is 0.500. The number of benzene rings is 1. The summed E-state index contributed by atoms with van der Waals surface area (Å²) in [5.41, 5.74) is 7.22. The monoisotopic (exact) mass is 259 g/mol. The van der Waals surface area contributed by atoms with Gasteiger partial charge in [-0.15, -0.1) is 0 Å². The molecule has 1 heterocycles. The van der Waals surface area contributed by atoms with Crippen molar-refractivity contribution in [3.63, 3.8) is 0 Å². The first-order valence-corrected chi connectivity index (χ1v) is 6.22. The van der Waals surface area contributed by atoms with E-state index in [2.05, 4.69) is 0 Å². The van der Waals surface area contributed by atoms with Gasteiger partial charge in [0.25, 0.3) is 0 Å². The molecule has 1 aliphatic rings. The first-order valence-electron chi connectivity index (χ1n) is 5.47. The molecule has 0 aliphatic carbocycles. The Morgan fingerprint density at radius 2 is 1.94 bits per heavy atom. The van der Waals surface area contributed by atoms with E-state index in [-0.39, 0.29) is 6.04 Å².